The SMILES string of the molecule is CN1C(=O)C(=Cc2ccccc2)Cc2cc(C(=O)O)ccc21. The predicted molar refractivity (Wildman–Crippen MR) is 84.9 cm³/mol. The molecule has 4 nitrogen and oxygen atoms in total. The van der Waals surface area contributed by atoms with E-state index in [-0.39, 0.29) is 11.5 Å². The molecule has 0 unspecified atom stereocenters. The molecule has 0 fully saturated rings. The van der Waals surface area contributed by atoms with Gasteiger partial charge < -0.3 is 10.0 Å². The molecule has 2 aromatic rings. The van der Waals surface area contributed by atoms with Gasteiger partial charge in [0.1, 0.15) is 0 Å². The van der Waals surface area contributed by atoms with Gasteiger partial charge in [-0.2, -0.15) is 0 Å². The number of anilines is 1. The summed E-state index contributed by atoms with van der Waals surface area (Å²) in [6.45, 7) is 0. The Kier molecular flexibility index (Phi) is 3.51. The van der Waals surface area contributed by atoms with E-state index in [4.69, 9.17) is 5.11 Å². The fraction of sp³-hybridized carbons (Fsp3) is 0.111. The summed E-state index contributed by atoms with van der Waals surface area (Å²) in [5.41, 5.74) is 3.46. The Bertz CT molecular complexity index is 778. The molecular formula is C18H15NO3. The van der Waals surface area contributed by atoms with Crippen molar-refractivity contribution in [2.45, 2.75) is 6.42 Å². The number of hydrogen-bond acceptors (Lipinski definition) is 2. The van der Waals surface area contributed by atoms with Gasteiger partial charge in [-0.1, -0.05) is 30.3 Å². The van der Waals surface area contributed by atoms with Crippen molar-refractivity contribution in [1.82, 2.24) is 0 Å². The van der Waals surface area contributed by atoms with Gasteiger partial charge in [-0.05, 0) is 35.4 Å². The average Bonchev–Trinajstić information content (AvgIpc) is 2.53. The lowest BCUT2D eigenvalue weighted by molar-refractivity contribution is -0.115. The lowest BCUT2D eigenvalue weighted by Crippen LogP contribution is -2.33. The molecule has 3 rings (SSSR count). The maximum absolute atomic E-state index is 12.5. The number of carboxylic acid groups (broad SMARTS) is 1. The van der Waals surface area contributed by atoms with Gasteiger partial charge in [-0.25, -0.2) is 4.79 Å². The molecule has 0 bridgehead atoms. The van der Waals surface area contributed by atoms with Gasteiger partial charge in [0.25, 0.3) is 5.91 Å². The van der Waals surface area contributed by atoms with Crippen LogP contribution in [0.1, 0.15) is 21.5 Å². The van der Waals surface area contributed by atoms with Crippen LogP contribution in [-0.2, 0) is 11.2 Å². The summed E-state index contributed by atoms with van der Waals surface area (Å²) >= 11 is 0. The van der Waals surface area contributed by atoms with Crippen LogP contribution >= 0.6 is 0 Å². The maximum atomic E-state index is 12.5. The van der Waals surface area contributed by atoms with Crippen LogP contribution in [0.15, 0.2) is 54.1 Å². The van der Waals surface area contributed by atoms with Crippen LogP contribution in [0.25, 0.3) is 6.08 Å². The van der Waals surface area contributed by atoms with E-state index < -0.39 is 5.97 Å². The minimum absolute atomic E-state index is 0.0561. The van der Waals surface area contributed by atoms with E-state index in [1.54, 1.807) is 24.1 Å². The van der Waals surface area contributed by atoms with Crippen LogP contribution in [0.2, 0.25) is 0 Å². The second-order valence-corrected chi connectivity index (χ2v) is 5.27. The van der Waals surface area contributed by atoms with Crippen molar-refractivity contribution in [3.63, 3.8) is 0 Å². The zero-order valence-electron chi connectivity index (χ0n) is 12.1. The van der Waals surface area contributed by atoms with Crippen LogP contribution in [0, 0.1) is 0 Å². The molecule has 0 saturated carbocycles. The summed E-state index contributed by atoms with van der Waals surface area (Å²) in [6.07, 6.45) is 2.30. The molecule has 1 heterocycles. The average molecular weight is 293 g/mol. The zero-order valence-corrected chi connectivity index (χ0v) is 12.1. The Labute approximate surface area is 128 Å². The number of fused-ring (bicyclic) bond motifs is 1. The fourth-order valence-electron chi connectivity index (χ4n) is 2.66. The number of benzene rings is 2. The summed E-state index contributed by atoms with van der Waals surface area (Å²) in [7, 11) is 1.71. The lowest BCUT2D eigenvalue weighted by Gasteiger charge is -2.27. The van der Waals surface area contributed by atoms with Crippen molar-refractivity contribution in [3.8, 4) is 0 Å². The van der Waals surface area contributed by atoms with Gasteiger partial charge in [-0.3, -0.25) is 4.79 Å². The summed E-state index contributed by atoms with van der Waals surface area (Å²) < 4.78 is 0. The number of carboxylic acids is 1. The van der Waals surface area contributed by atoms with E-state index in [0.29, 0.717) is 12.0 Å². The molecule has 0 radical (unpaired) electrons. The summed E-state index contributed by atoms with van der Waals surface area (Å²) in [5, 5.41) is 9.11. The van der Waals surface area contributed by atoms with Crippen LogP contribution in [0.4, 0.5) is 5.69 Å². The van der Waals surface area contributed by atoms with Gasteiger partial charge in [0.15, 0.2) is 0 Å². The van der Waals surface area contributed by atoms with Gasteiger partial charge in [0, 0.05) is 24.7 Å². The Hall–Kier alpha value is -2.88. The highest BCUT2D eigenvalue weighted by Gasteiger charge is 2.26. The van der Waals surface area contributed by atoms with Gasteiger partial charge in [-0.15, -0.1) is 0 Å². The van der Waals surface area contributed by atoms with E-state index in [9.17, 15) is 9.59 Å². The molecule has 22 heavy (non-hydrogen) atoms. The van der Waals surface area contributed by atoms with Crippen molar-refractivity contribution in [1.29, 1.82) is 0 Å². The number of nitrogens with zero attached hydrogens (tertiary/aromatic N) is 1. The Morgan fingerprint density at radius 2 is 1.91 bits per heavy atom. The Morgan fingerprint density at radius 1 is 1.18 bits per heavy atom. The number of hydrogen-bond donors (Lipinski definition) is 1. The summed E-state index contributed by atoms with van der Waals surface area (Å²) in [6, 6.07) is 14.5. The second kappa shape index (κ2) is 5.48. The van der Waals surface area contributed by atoms with E-state index in [1.807, 2.05) is 36.4 Å². The first-order valence-corrected chi connectivity index (χ1v) is 6.96. The van der Waals surface area contributed by atoms with Crippen molar-refractivity contribution < 1.29 is 14.7 Å². The molecule has 110 valence electrons. The number of aromatic carboxylic acids is 1. The summed E-state index contributed by atoms with van der Waals surface area (Å²) in [4.78, 5) is 25.1. The molecule has 0 aliphatic carbocycles. The molecule has 2 aromatic carbocycles. The van der Waals surface area contributed by atoms with E-state index in [2.05, 4.69) is 0 Å². The molecule has 1 aliphatic heterocycles. The highest BCUT2D eigenvalue weighted by molar-refractivity contribution is 6.11. The van der Waals surface area contributed by atoms with E-state index in [0.717, 1.165) is 16.8 Å². The first-order valence-electron chi connectivity index (χ1n) is 6.96. The second-order valence-electron chi connectivity index (χ2n) is 5.27. The molecule has 1 amide bonds. The third-order valence-electron chi connectivity index (χ3n) is 3.79. The fourth-order valence-corrected chi connectivity index (χ4v) is 2.66. The highest BCUT2D eigenvalue weighted by atomic mass is 16.4. The van der Waals surface area contributed by atoms with Crippen LogP contribution in [0.3, 0.4) is 0 Å². The highest BCUT2D eigenvalue weighted by Crippen LogP contribution is 2.31. The smallest absolute Gasteiger partial charge is 0.335 e. The molecule has 1 N–H and O–H groups in total. The molecule has 0 spiro atoms. The van der Waals surface area contributed by atoms with Gasteiger partial charge in [0.2, 0.25) is 0 Å². The molecular weight excluding hydrogens is 278 g/mol. The molecule has 4 heteroatoms. The van der Waals surface area contributed by atoms with Crippen molar-refractivity contribution in [2.75, 3.05) is 11.9 Å². The first kappa shape index (κ1) is 14.1. The number of likely N-dealkylation sites (N-methyl/N-ethyl adjacent to an activating group) is 1. The standard InChI is InChI=1S/C18H15NO3/c1-19-16-8-7-13(18(21)22)10-14(16)11-15(17(19)20)9-12-5-3-2-4-6-12/h2-10H,11H2,1H3,(H,21,22). The maximum Gasteiger partial charge on any atom is 0.335 e. The molecule has 0 saturated heterocycles. The molecule has 0 atom stereocenters. The molecule has 1 aliphatic rings. The first-order chi connectivity index (χ1) is 10.6. The topological polar surface area (TPSA) is 57.6 Å². The minimum atomic E-state index is -0.962. The zero-order chi connectivity index (χ0) is 15.7. The molecule has 0 aromatic heterocycles. The van der Waals surface area contributed by atoms with Crippen molar-refractivity contribution in [3.05, 3.63) is 70.8 Å². The number of carbonyl (C=O) groups is 2. The van der Waals surface area contributed by atoms with Crippen LogP contribution in [0.5, 0.6) is 0 Å². The van der Waals surface area contributed by atoms with Crippen molar-refractivity contribution in [2.24, 2.45) is 0 Å². The van der Waals surface area contributed by atoms with Gasteiger partial charge >= 0.3 is 5.97 Å². The monoisotopic (exact) mass is 293 g/mol. The number of rotatable bonds is 2. The summed E-state index contributed by atoms with van der Waals surface area (Å²) in [5.74, 6) is -1.02. The normalized spacial score (nSPS) is 15.8. The Balaban J connectivity index is 2.04. The lowest BCUT2D eigenvalue weighted by atomic mass is 9.94. The third kappa shape index (κ3) is 2.51. The Morgan fingerprint density at radius 3 is 2.59 bits per heavy atom. The van der Waals surface area contributed by atoms with E-state index in [1.165, 1.54) is 6.07 Å². The van der Waals surface area contributed by atoms with Gasteiger partial charge in [0.05, 0.1) is 5.56 Å². The van der Waals surface area contributed by atoms with E-state index >= 15 is 0 Å². The third-order valence-corrected chi connectivity index (χ3v) is 3.79. The van der Waals surface area contributed by atoms with Crippen LogP contribution < -0.4 is 4.90 Å². The number of carbonyl (C=O) groups excluding carboxylic acids is 1. The largest absolute Gasteiger partial charge is 0.478 e. The number of amides is 1. The van der Waals surface area contributed by atoms with Crippen molar-refractivity contribution >= 4 is 23.6 Å². The quantitative estimate of drug-likeness (QED) is 0.866. The minimum Gasteiger partial charge on any atom is -0.478 e. The predicted octanol–water partition coefficient (Wildman–Crippen LogP) is 2.99. The van der Waals surface area contributed by atoms with Crippen LogP contribution in [-0.4, -0.2) is 24.0 Å².